The van der Waals surface area contributed by atoms with Crippen molar-refractivity contribution in [3.05, 3.63) is 70.8 Å². The quantitative estimate of drug-likeness (QED) is 0.424. The molecule has 2 aromatic carbocycles. The third-order valence-electron chi connectivity index (χ3n) is 6.87. The molecule has 0 amide bonds. The van der Waals surface area contributed by atoms with Crippen molar-refractivity contribution >= 4 is 0 Å². The van der Waals surface area contributed by atoms with Gasteiger partial charge >= 0.3 is 0 Å². The Hall–Kier alpha value is -1.60. The van der Waals surface area contributed by atoms with Crippen LogP contribution in [-0.2, 0) is 28.6 Å². The highest BCUT2D eigenvalue weighted by Gasteiger charge is 2.51. The van der Waals surface area contributed by atoms with E-state index in [1.165, 1.54) is 42.4 Å². The Balaban J connectivity index is 1.65. The highest BCUT2D eigenvalue weighted by molar-refractivity contribution is 5.42. The lowest BCUT2D eigenvalue weighted by Crippen LogP contribution is -2.20. The standard InChI is InChI=1S/C27H38O/c1-6-8-16-26(3,4)25-15-14-23(17-22(25)7-2)27(5)18-24(27)20-28-19-21-12-10-9-11-13-21/h9-15,17,24H,6-8,16,18-20H2,1-5H3/t24-,27+/m0/s1. The van der Waals surface area contributed by atoms with Gasteiger partial charge in [0.05, 0.1) is 13.2 Å². The van der Waals surface area contributed by atoms with Gasteiger partial charge in [-0.2, -0.15) is 0 Å². The van der Waals surface area contributed by atoms with Gasteiger partial charge in [-0.3, -0.25) is 0 Å². The van der Waals surface area contributed by atoms with Crippen molar-refractivity contribution in [2.45, 2.75) is 84.2 Å². The fourth-order valence-electron chi connectivity index (χ4n) is 4.60. The largest absolute Gasteiger partial charge is 0.376 e. The van der Waals surface area contributed by atoms with Crippen LogP contribution in [0, 0.1) is 5.92 Å². The summed E-state index contributed by atoms with van der Waals surface area (Å²) in [6, 6.07) is 17.8. The number of hydrogen-bond acceptors (Lipinski definition) is 1. The van der Waals surface area contributed by atoms with Crippen molar-refractivity contribution in [1.29, 1.82) is 0 Å². The third kappa shape index (κ3) is 4.69. The van der Waals surface area contributed by atoms with E-state index in [4.69, 9.17) is 4.74 Å². The molecular weight excluding hydrogens is 340 g/mol. The van der Waals surface area contributed by atoms with E-state index in [0.717, 1.165) is 19.6 Å². The molecule has 1 aliphatic carbocycles. The molecule has 1 saturated carbocycles. The summed E-state index contributed by atoms with van der Waals surface area (Å²) in [5.74, 6) is 0.639. The van der Waals surface area contributed by atoms with E-state index >= 15 is 0 Å². The van der Waals surface area contributed by atoms with Crippen LogP contribution in [0.2, 0.25) is 0 Å². The molecule has 1 nitrogen and oxygen atoms in total. The molecule has 0 bridgehead atoms. The third-order valence-corrected chi connectivity index (χ3v) is 6.87. The molecule has 1 aliphatic rings. The van der Waals surface area contributed by atoms with Crippen LogP contribution in [0.3, 0.4) is 0 Å². The predicted octanol–water partition coefficient (Wildman–Crippen LogP) is 7.21. The molecule has 0 radical (unpaired) electrons. The Morgan fingerprint density at radius 1 is 1.07 bits per heavy atom. The molecule has 2 atom stereocenters. The second-order valence-corrected chi connectivity index (χ2v) is 9.53. The number of aryl methyl sites for hydroxylation is 1. The summed E-state index contributed by atoms with van der Waals surface area (Å²) >= 11 is 0. The van der Waals surface area contributed by atoms with E-state index in [1.807, 2.05) is 0 Å². The average molecular weight is 379 g/mol. The van der Waals surface area contributed by atoms with E-state index in [-0.39, 0.29) is 10.8 Å². The zero-order chi connectivity index (χ0) is 20.2. The van der Waals surface area contributed by atoms with E-state index < -0.39 is 0 Å². The van der Waals surface area contributed by atoms with Crippen molar-refractivity contribution in [3.63, 3.8) is 0 Å². The van der Waals surface area contributed by atoms with Gasteiger partial charge in [0.1, 0.15) is 0 Å². The zero-order valence-electron chi connectivity index (χ0n) is 18.6. The number of unbranched alkanes of at least 4 members (excludes halogenated alkanes) is 1. The number of benzene rings is 2. The van der Waals surface area contributed by atoms with Crippen LogP contribution in [0.4, 0.5) is 0 Å². The molecule has 0 spiro atoms. The molecule has 3 rings (SSSR count). The lowest BCUT2D eigenvalue weighted by atomic mass is 9.76. The minimum absolute atomic E-state index is 0.266. The molecule has 0 N–H and O–H groups in total. The monoisotopic (exact) mass is 378 g/mol. The number of ether oxygens (including phenoxy) is 1. The highest BCUT2D eigenvalue weighted by Crippen LogP contribution is 2.54. The van der Waals surface area contributed by atoms with Crippen molar-refractivity contribution in [3.8, 4) is 0 Å². The van der Waals surface area contributed by atoms with Crippen LogP contribution in [0.25, 0.3) is 0 Å². The molecule has 0 saturated heterocycles. The van der Waals surface area contributed by atoms with E-state index in [1.54, 1.807) is 5.56 Å². The summed E-state index contributed by atoms with van der Waals surface area (Å²) < 4.78 is 6.04. The maximum absolute atomic E-state index is 6.04. The van der Waals surface area contributed by atoms with Gasteiger partial charge in [0.15, 0.2) is 0 Å². The minimum Gasteiger partial charge on any atom is -0.376 e. The second kappa shape index (κ2) is 8.82. The molecule has 0 aromatic heterocycles. The summed E-state index contributed by atoms with van der Waals surface area (Å²) in [7, 11) is 0. The Kier molecular flexibility index (Phi) is 6.65. The fraction of sp³-hybridized carbons (Fsp3) is 0.556. The summed E-state index contributed by atoms with van der Waals surface area (Å²) in [5.41, 5.74) is 6.41. The maximum Gasteiger partial charge on any atom is 0.0717 e. The van der Waals surface area contributed by atoms with Gasteiger partial charge in [-0.15, -0.1) is 0 Å². The van der Waals surface area contributed by atoms with Crippen LogP contribution in [0.1, 0.15) is 82.6 Å². The van der Waals surface area contributed by atoms with Crippen molar-refractivity contribution in [2.24, 2.45) is 5.92 Å². The minimum atomic E-state index is 0.266. The van der Waals surface area contributed by atoms with Gasteiger partial charge in [0, 0.05) is 0 Å². The Labute approximate surface area is 172 Å². The summed E-state index contributed by atoms with van der Waals surface area (Å²) in [6.07, 6.45) is 6.19. The average Bonchev–Trinajstić information content (AvgIpc) is 3.38. The van der Waals surface area contributed by atoms with Crippen LogP contribution in [0.15, 0.2) is 48.5 Å². The molecule has 152 valence electrons. The Morgan fingerprint density at radius 2 is 1.82 bits per heavy atom. The van der Waals surface area contributed by atoms with Gasteiger partial charge in [-0.05, 0) is 58.3 Å². The summed E-state index contributed by atoms with van der Waals surface area (Å²) in [5, 5.41) is 0. The zero-order valence-corrected chi connectivity index (χ0v) is 18.6. The van der Waals surface area contributed by atoms with Crippen molar-refractivity contribution < 1.29 is 4.74 Å². The highest BCUT2D eigenvalue weighted by atomic mass is 16.5. The maximum atomic E-state index is 6.04. The summed E-state index contributed by atoms with van der Waals surface area (Å²) in [4.78, 5) is 0. The van der Waals surface area contributed by atoms with Crippen molar-refractivity contribution in [2.75, 3.05) is 6.61 Å². The molecule has 2 aromatic rings. The lowest BCUT2D eigenvalue weighted by molar-refractivity contribution is 0.106. The normalized spacial score (nSPS) is 21.7. The molecule has 0 unspecified atom stereocenters. The van der Waals surface area contributed by atoms with Gasteiger partial charge in [0.25, 0.3) is 0 Å². The fourth-order valence-corrected chi connectivity index (χ4v) is 4.60. The Bertz CT molecular complexity index is 761. The molecule has 1 heteroatoms. The van der Waals surface area contributed by atoms with Gasteiger partial charge in [-0.1, -0.05) is 96.0 Å². The molecule has 0 heterocycles. The van der Waals surface area contributed by atoms with Crippen molar-refractivity contribution in [1.82, 2.24) is 0 Å². The van der Waals surface area contributed by atoms with Gasteiger partial charge in [0.2, 0.25) is 0 Å². The van der Waals surface area contributed by atoms with E-state index in [0.29, 0.717) is 5.92 Å². The number of hydrogen-bond donors (Lipinski definition) is 0. The summed E-state index contributed by atoms with van der Waals surface area (Å²) in [6.45, 7) is 13.4. The first-order chi connectivity index (χ1) is 13.4. The predicted molar refractivity (Wildman–Crippen MR) is 120 cm³/mol. The van der Waals surface area contributed by atoms with Crippen LogP contribution in [-0.4, -0.2) is 6.61 Å². The first kappa shape index (κ1) is 21.1. The molecular formula is C27H38O. The SMILES string of the molecule is CCCCC(C)(C)c1ccc([C@@]2(C)C[C@H]2COCc2ccccc2)cc1CC. The first-order valence-electron chi connectivity index (χ1n) is 11.2. The smallest absolute Gasteiger partial charge is 0.0717 e. The first-order valence-corrected chi connectivity index (χ1v) is 11.2. The van der Waals surface area contributed by atoms with E-state index in [9.17, 15) is 0 Å². The van der Waals surface area contributed by atoms with Gasteiger partial charge in [-0.25, -0.2) is 0 Å². The topological polar surface area (TPSA) is 9.23 Å². The Morgan fingerprint density at radius 3 is 2.50 bits per heavy atom. The van der Waals surface area contributed by atoms with Gasteiger partial charge < -0.3 is 4.74 Å². The van der Waals surface area contributed by atoms with Crippen LogP contribution in [0.5, 0.6) is 0 Å². The van der Waals surface area contributed by atoms with Crippen LogP contribution >= 0.6 is 0 Å². The second-order valence-electron chi connectivity index (χ2n) is 9.53. The lowest BCUT2D eigenvalue weighted by Gasteiger charge is -2.29. The number of rotatable bonds is 10. The molecule has 28 heavy (non-hydrogen) atoms. The molecule has 1 fully saturated rings. The molecule has 0 aliphatic heterocycles. The van der Waals surface area contributed by atoms with E-state index in [2.05, 4.69) is 83.1 Å². The van der Waals surface area contributed by atoms with Crippen LogP contribution < -0.4 is 0 Å².